The monoisotopic (exact) mass is 291 g/mol. The molecular weight excluding hydrogens is 274 g/mol. The third kappa shape index (κ3) is 2.94. The number of benzene rings is 1. The second-order valence-corrected chi connectivity index (χ2v) is 5.52. The van der Waals surface area contributed by atoms with Gasteiger partial charge in [0.1, 0.15) is 13.2 Å². The minimum Gasteiger partial charge on any atom is -0.486 e. The standard InChI is InChI=1S/C15H17NO5/c17-13(16-9-15(3-4-15)14(18)19)8-10-1-2-11-12(7-10)21-6-5-20-11/h1-2,7H,3-6,8-9H2,(H,16,17)(H,18,19). The number of amides is 1. The lowest BCUT2D eigenvalue weighted by molar-refractivity contribution is -0.143. The van der Waals surface area contributed by atoms with E-state index in [0.717, 1.165) is 5.56 Å². The minimum absolute atomic E-state index is 0.181. The van der Waals surface area contributed by atoms with Crippen LogP contribution in [0.4, 0.5) is 0 Å². The van der Waals surface area contributed by atoms with Crippen LogP contribution < -0.4 is 14.8 Å². The molecule has 0 spiro atoms. The second kappa shape index (κ2) is 5.27. The molecule has 1 saturated carbocycles. The molecule has 6 heteroatoms. The fourth-order valence-electron chi connectivity index (χ4n) is 2.33. The molecule has 0 radical (unpaired) electrons. The van der Waals surface area contributed by atoms with E-state index in [2.05, 4.69) is 5.32 Å². The fourth-order valence-corrected chi connectivity index (χ4v) is 2.33. The Kier molecular flexibility index (Phi) is 3.45. The number of carboxylic acids is 1. The van der Waals surface area contributed by atoms with Gasteiger partial charge in [-0.3, -0.25) is 9.59 Å². The quantitative estimate of drug-likeness (QED) is 0.845. The van der Waals surface area contributed by atoms with E-state index in [1.54, 1.807) is 12.1 Å². The Hall–Kier alpha value is -2.24. The summed E-state index contributed by atoms with van der Waals surface area (Å²) in [5.74, 6) is 0.324. The first-order valence-corrected chi connectivity index (χ1v) is 6.98. The first kappa shape index (κ1) is 13.7. The predicted molar refractivity (Wildman–Crippen MR) is 73.4 cm³/mol. The Bertz CT molecular complexity index is 579. The largest absolute Gasteiger partial charge is 0.486 e. The van der Waals surface area contributed by atoms with Crippen molar-refractivity contribution in [3.8, 4) is 11.5 Å². The minimum atomic E-state index is -0.831. The summed E-state index contributed by atoms with van der Waals surface area (Å²) >= 11 is 0. The number of carboxylic acid groups (broad SMARTS) is 1. The molecule has 0 bridgehead atoms. The van der Waals surface area contributed by atoms with Crippen LogP contribution in [0.1, 0.15) is 18.4 Å². The van der Waals surface area contributed by atoms with Gasteiger partial charge in [-0.15, -0.1) is 0 Å². The first-order chi connectivity index (χ1) is 10.1. The molecule has 3 rings (SSSR count). The smallest absolute Gasteiger partial charge is 0.311 e. The molecule has 1 aromatic rings. The Morgan fingerprint density at radius 3 is 2.57 bits per heavy atom. The number of carbonyl (C=O) groups excluding carboxylic acids is 1. The highest BCUT2D eigenvalue weighted by Gasteiger charge is 2.50. The van der Waals surface area contributed by atoms with Gasteiger partial charge >= 0.3 is 5.97 Å². The van der Waals surface area contributed by atoms with Gasteiger partial charge in [0, 0.05) is 6.54 Å². The average molecular weight is 291 g/mol. The van der Waals surface area contributed by atoms with Crippen LogP contribution in [0.25, 0.3) is 0 Å². The van der Waals surface area contributed by atoms with E-state index in [1.165, 1.54) is 0 Å². The van der Waals surface area contributed by atoms with E-state index in [0.29, 0.717) is 37.6 Å². The summed E-state index contributed by atoms with van der Waals surface area (Å²) in [6, 6.07) is 5.39. The van der Waals surface area contributed by atoms with Crippen LogP contribution in [-0.2, 0) is 16.0 Å². The van der Waals surface area contributed by atoms with Gasteiger partial charge in [-0.1, -0.05) is 6.07 Å². The van der Waals surface area contributed by atoms with Gasteiger partial charge in [0.25, 0.3) is 0 Å². The summed E-state index contributed by atoms with van der Waals surface area (Å²) < 4.78 is 10.9. The molecule has 21 heavy (non-hydrogen) atoms. The van der Waals surface area contributed by atoms with Gasteiger partial charge in [0.2, 0.25) is 5.91 Å². The third-order valence-corrected chi connectivity index (χ3v) is 3.90. The number of carbonyl (C=O) groups is 2. The molecule has 1 aliphatic heterocycles. The van der Waals surface area contributed by atoms with E-state index >= 15 is 0 Å². The molecule has 0 unspecified atom stereocenters. The molecule has 0 atom stereocenters. The van der Waals surface area contributed by atoms with E-state index in [-0.39, 0.29) is 18.9 Å². The number of hydrogen-bond donors (Lipinski definition) is 2. The highest BCUT2D eigenvalue weighted by Crippen LogP contribution is 2.45. The van der Waals surface area contributed by atoms with Crippen molar-refractivity contribution in [3.05, 3.63) is 23.8 Å². The molecule has 0 saturated heterocycles. The van der Waals surface area contributed by atoms with Crippen LogP contribution in [0.5, 0.6) is 11.5 Å². The van der Waals surface area contributed by atoms with E-state index in [4.69, 9.17) is 14.6 Å². The van der Waals surface area contributed by atoms with Gasteiger partial charge in [-0.25, -0.2) is 0 Å². The first-order valence-electron chi connectivity index (χ1n) is 6.98. The molecule has 112 valence electrons. The van der Waals surface area contributed by atoms with E-state index in [9.17, 15) is 9.59 Å². The molecule has 6 nitrogen and oxygen atoms in total. The van der Waals surface area contributed by atoms with Crippen molar-refractivity contribution < 1.29 is 24.2 Å². The molecular formula is C15H17NO5. The Morgan fingerprint density at radius 2 is 1.90 bits per heavy atom. The van der Waals surface area contributed by atoms with Crippen molar-refractivity contribution >= 4 is 11.9 Å². The Morgan fingerprint density at radius 1 is 1.19 bits per heavy atom. The van der Waals surface area contributed by atoms with Crippen LogP contribution in [0, 0.1) is 5.41 Å². The highest BCUT2D eigenvalue weighted by atomic mass is 16.6. The lowest BCUT2D eigenvalue weighted by Crippen LogP contribution is -2.35. The SMILES string of the molecule is O=C(Cc1ccc2c(c1)OCCO2)NCC1(C(=O)O)CC1. The average Bonchev–Trinajstić information content (AvgIpc) is 3.26. The number of aliphatic carboxylic acids is 1. The van der Waals surface area contributed by atoms with Gasteiger partial charge in [-0.2, -0.15) is 0 Å². The summed E-state index contributed by atoms with van der Waals surface area (Å²) in [5.41, 5.74) is 0.0829. The van der Waals surface area contributed by atoms with Gasteiger partial charge < -0.3 is 19.9 Å². The van der Waals surface area contributed by atoms with Crippen molar-refractivity contribution in [2.75, 3.05) is 19.8 Å². The number of fused-ring (bicyclic) bond motifs is 1. The lowest BCUT2D eigenvalue weighted by Gasteiger charge is -2.19. The summed E-state index contributed by atoms with van der Waals surface area (Å²) in [4.78, 5) is 22.9. The zero-order valence-electron chi connectivity index (χ0n) is 11.6. The third-order valence-electron chi connectivity index (χ3n) is 3.90. The molecule has 1 heterocycles. The van der Waals surface area contributed by atoms with Crippen molar-refractivity contribution in [2.45, 2.75) is 19.3 Å². The molecule has 1 amide bonds. The number of rotatable bonds is 5. The second-order valence-electron chi connectivity index (χ2n) is 5.52. The normalized spacial score (nSPS) is 17.9. The predicted octanol–water partition coefficient (Wildman–Crippen LogP) is 0.981. The fraction of sp³-hybridized carbons (Fsp3) is 0.467. The van der Waals surface area contributed by atoms with Crippen LogP contribution in [0.2, 0.25) is 0 Å². The van der Waals surface area contributed by atoms with Gasteiger partial charge in [0.05, 0.1) is 11.8 Å². The molecule has 2 N–H and O–H groups in total. The number of nitrogens with one attached hydrogen (secondary N) is 1. The summed E-state index contributed by atoms with van der Waals surface area (Å²) in [7, 11) is 0. The lowest BCUT2D eigenvalue weighted by atomic mass is 10.1. The maximum absolute atomic E-state index is 11.9. The number of hydrogen-bond acceptors (Lipinski definition) is 4. The molecule has 1 aromatic carbocycles. The zero-order chi connectivity index (χ0) is 14.9. The molecule has 1 aliphatic carbocycles. The van der Waals surface area contributed by atoms with Crippen molar-refractivity contribution in [1.29, 1.82) is 0 Å². The van der Waals surface area contributed by atoms with E-state index < -0.39 is 11.4 Å². The van der Waals surface area contributed by atoms with Crippen LogP contribution in [-0.4, -0.2) is 36.7 Å². The van der Waals surface area contributed by atoms with Crippen LogP contribution >= 0.6 is 0 Å². The number of ether oxygens (including phenoxy) is 2. The van der Waals surface area contributed by atoms with Crippen molar-refractivity contribution in [1.82, 2.24) is 5.32 Å². The maximum atomic E-state index is 11.9. The Balaban J connectivity index is 1.56. The summed E-state index contributed by atoms with van der Waals surface area (Å²) in [6.45, 7) is 1.24. The molecule has 0 aromatic heterocycles. The Labute approximate surface area is 122 Å². The molecule has 1 fully saturated rings. The molecule has 2 aliphatic rings. The van der Waals surface area contributed by atoms with E-state index in [1.807, 2.05) is 6.07 Å². The van der Waals surface area contributed by atoms with Crippen LogP contribution in [0.15, 0.2) is 18.2 Å². The van der Waals surface area contributed by atoms with Crippen LogP contribution in [0.3, 0.4) is 0 Å². The van der Waals surface area contributed by atoms with Crippen molar-refractivity contribution in [3.63, 3.8) is 0 Å². The van der Waals surface area contributed by atoms with Crippen molar-refractivity contribution in [2.24, 2.45) is 5.41 Å². The van der Waals surface area contributed by atoms with Gasteiger partial charge in [0.15, 0.2) is 11.5 Å². The summed E-state index contributed by atoms with van der Waals surface area (Å²) in [6.07, 6.45) is 1.46. The topological polar surface area (TPSA) is 84.9 Å². The zero-order valence-corrected chi connectivity index (χ0v) is 11.6. The van der Waals surface area contributed by atoms with Gasteiger partial charge in [-0.05, 0) is 30.5 Å². The maximum Gasteiger partial charge on any atom is 0.311 e. The summed E-state index contributed by atoms with van der Waals surface area (Å²) in [5, 5.41) is 11.8. The highest BCUT2D eigenvalue weighted by molar-refractivity contribution is 5.82.